The van der Waals surface area contributed by atoms with Gasteiger partial charge in [-0.3, -0.25) is 14.5 Å². The molecule has 3 aromatic rings. The molecule has 2 N–H and O–H groups in total. The first-order valence-corrected chi connectivity index (χ1v) is 11.7. The van der Waals surface area contributed by atoms with Crippen LogP contribution in [0.5, 0.6) is 0 Å². The zero-order chi connectivity index (χ0) is 23.8. The molecule has 0 saturated carbocycles. The Morgan fingerprint density at radius 1 is 0.971 bits per heavy atom. The summed E-state index contributed by atoms with van der Waals surface area (Å²) in [5.74, 6) is -0.542. The first kappa shape index (κ1) is 24.0. The van der Waals surface area contributed by atoms with E-state index in [2.05, 4.69) is 15.5 Å². The summed E-state index contributed by atoms with van der Waals surface area (Å²) in [7, 11) is 0. The number of amides is 2. The summed E-state index contributed by atoms with van der Waals surface area (Å²) in [4.78, 5) is 28.2. The minimum atomic E-state index is -0.767. The number of benzene rings is 2. The lowest BCUT2D eigenvalue weighted by Gasteiger charge is -2.35. The lowest BCUT2D eigenvalue weighted by Crippen LogP contribution is -2.50. The van der Waals surface area contributed by atoms with Crippen molar-refractivity contribution >= 4 is 23.4 Å². The molecule has 2 atom stereocenters. The fraction of sp³-hybridized carbons (Fsp3) is 0.308. The third kappa shape index (κ3) is 6.26. The Hall–Kier alpha value is -3.13. The van der Waals surface area contributed by atoms with Crippen molar-refractivity contribution in [2.24, 2.45) is 0 Å². The SMILES string of the molecule is O=C(NC(Cc1ccccc1)C(=O)NCC(c1ccccc1Cl)N1CCOCC1)c1ccco1. The van der Waals surface area contributed by atoms with Crippen LogP contribution in [-0.2, 0) is 16.0 Å². The largest absolute Gasteiger partial charge is 0.459 e. The molecule has 2 unspecified atom stereocenters. The van der Waals surface area contributed by atoms with Gasteiger partial charge in [0.25, 0.3) is 5.91 Å². The van der Waals surface area contributed by atoms with E-state index in [0.717, 1.165) is 24.2 Å². The fourth-order valence-corrected chi connectivity index (χ4v) is 4.35. The zero-order valence-corrected chi connectivity index (χ0v) is 19.5. The van der Waals surface area contributed by atoms with Gasteiger partial charge >= 0.3 is 0 Å². The van der Waals surface area contributed by atoms with Crippen molar-refractivity contribution in [1.29, 1.82) is 0 Å². The molecule has 1 fully saturated rings. The van der Waals surface area contributed by atoms with E-state index in [4.69, 9.17) is 20.8 Å². The molecule has 7 nitrogen and oxygen atoms in total. The van der Waals surface area contributed by atoms with E-state index < -0.39 is 11.9 Å². The Morgan fingerprint density at radius 2 is 1.71 bits per heavy atom. The lowest BCUT2D eigenvalue weighted by atomic mass is 10.0. The summed E-state index contributed by atoms with van der Waals surface area (Å²) in [5.41, 5.74) is 1.89. The molecular formula is C26H28ClN3O4. The molecule has 34 heavy (non-hydrogen) atoms. The second-order valence-corrected chi connectivity index (χ2v) is 8.53. The van der Waals surface area contributed by atoms with E-state index in [1.54, 1.807) is 12.1 Å². The van der Waals surface area contributed by atoms with Crippen LogP contribution in [0, 0.1) is 0 Å². The molecule has 1 aromatic heterocycles. The number of hydrogen-bond acceptors (Lipinski definition) is 5. The van der Waals surface area contributed by atoms with Crippen LogP contribution in [0.3, 0.4) is 0 Å². The minimum absolute atomic E-state index is 0.111. The predicted octanol–water partition coefficient (Wildman–Crippen LogP) is 3.46. The molecule has 1 aliphatic rings. The van der Waals surface area contributed by atoms with E-state index in [-0.39, 0.29) is 17.7 Å². The van der Waals surface area contributed by atoms with Gasteiger partial charge in [-0.2, -0.15) is 0 Å². The van der Waals surface area contributed by atoms with Gasteiger partial charge < -0.3 is 19.8 Å². The number of nitrogens with zero attached hydrogens (tertiary/aromatic N) is 1. The molecule has 0 bridgehead atoms. The summed E-state index contributed by atoms with van der Waals surface area (Å²) < 4.78 is 10.7. The standard InChI is InChI=1S/C26H28ClN3O4/c27-21-10-5-4-9-20(21)23(30-12-15-33-16-13-30)18-28-25(31)22(17-19-7-2-1-3-8-19)29-26(32)24-11-6-14-34-24/h1-11,14,22-23H,12-13,15-18H2,(H,28,31)(H,29,32). The highest BCUT2D eigenvalue weighted by Gasteiger charge is 2.28. The van der Waals surface area contributed by atoms with E-state index in [0.29, 0.717) is 31.2 Å². The van der Waals surface area contributed by atoms with Gasteiger partial charge in [0.2, 0.25) is 5.91 Å². The van der Waals surface area contributed by atoms with Crippen molar-refractivity contribution in [2.75, 3.05) is 32.8 Å². The van der Waals surface area contributed by atoms with Crippen LogP contribution in [0.1, 0.15) is 27.7 Å². The molecule has 4 rings (SSSR count). The third-order valence-electron chi connectivity index (χ3n) is 5.87. The summed E-state index contributed by atoms with van der Waals surface area (Å²) in [6.07, 6.45) is 1.78. The Morgan fingerprint density at radius 3 is 2.41 bits per heavy atom. The number of rotatable bonds is 9. The van der Waals surface area contributed by atoms with Crippen LogP contribution >= 0.6 is 11.6 Å². The minimum Gasteiger partial charge on any atom is -0.459 e. The lowest BCUT2D eigenvalue weighted by molar-refractivity contribution is -0.123. The van der Waals surface area contributed by atoms with E-state index >= 15 is 0 Å². The maximum Gasteiger partial charge on any atom is 0.287 e. The van der Waals surface area contributed by atoms with E-state index in [9.17, 15) is 9.59 Å². The van der Waals surface area contributed by atoms with Crippen LogP contribution in [0.15, 0.2) is 77.4 Å². The number of carbonyl (C=O) groups excluding carboxylic acids is 2. The van der Waals surface area contributed by atoms with Gasteiger partial charge in [-0.05, 0) is 29.3 Å². The van der Waals surface area contributed by atoms with E-state index in [1.165, 1.54) is 6.26 Å². The Balaban J connectivity index is 1.50. The molecule has 0 spiro atoms. The number of carbonyl (C=O) groups is 2. The topological polar surface area (TPSA) is 83.8 Å². The average Bonchev–Trinajstić information content (AvgIpc) is 3.41. The molecular weight excluding hydrogens is 454 g/mol. The van der Waals surface area contributed by atoms with Crippen molar-refractivity contribution in [2.45, 2.75) is 18.5 Å². The van der Waals surface area contributed by atoms with Crippen molar-refractivity contribution < 1.29 is 18.7 Å². The van der Waals surface area contributed by atoms with Crippen LogP contribution in [0.2, 0.25) is 5.02 Å². The van der Waals surface area contributed by atoms with E-state index in [1.807, 2.05) is 54.6 Å². The first-order valence-electron chi connectivity index (χ1n) is 11.3. The monoisotopic (exact) mass is 481 g/mol. The summed E-state index contributed by atoms with van der Waals surface area (Å²) in [6.45, 7) is 3.10. The predicted molar refractivity (Wildman–Crippen MR) is 130 cm³/mol. The molecule has 2 aromatic carbocycles. The molecule has 178 valence electrons. The first-order chi connectivity index (χ1) is 16.6. The summed E-state index contributed by atoms with van der Waals surface area (Å²) >= 11 is 6.51. The number of nitrogens with one attached hydrogen (secondary N) is 2. The fourth-order valence-electron chi connectivity index (χ4n) is 4.09. The molecule has 8 heteroatoms. The quantitative estimate of drug-likeness (QED) is 0.489. The molecule has 1 saturated heterocycles. The van der Waals surface area contributed by atoms with Gasteiger partial charge in [0.1, 0.15) is 6.04 Å². The van der Waals surface area contributed by atoms with Crippen molar-refractivity contribution in [3.8, 4) is 0 Å². The highest BCUT2D eigenvalue weighted by molar-refractivity contribution is 6.31. The number of hydrogen-bond donors (Lipinski definition) is 2. The normalized spacial score (nSPS) is 15.9. The molecule has 2 heterocycles. The molecule has 2 amide bonds. The number of morpholine rings is 1. The van der Waals surface area contributed by atoms with Crippen molar-refractivity contribution in [3.05, 3.63) is 94.9 Å². The number of halogens is 1. The number of furan rings is 1. The highest BCUT2D eigenvalue weighted by atomic mass is 35.5. The summed E-state index contributed by atoms with van der Waals surface area (Å²) in [5, 5.41) is 6.52. The summed E-state index contributed by atoms with van der Waals surface area (Å²) in [6, 6.07) is 19.6. The van der Waals surface area contributed by atoms with Gasteiger partial charge in [0.15, 0.2) is 5.76 Å². The maximum absolute atomic E-state index is 13.3. The Bertz CT molecular complexity index is 1070. The van der Waals surface area contributed by atoms with Crippen LogP contribution in [0.25, 0.3) is 0 Å². The second-order valence-electron chi connectivity index (χ2n) is 8.12. The van der Waals surface area contributed by atoms with Gasteiger partial charge in [0, 0.05) is 31.1 Å². The van der Waals surface area contributed by atoms with Crippen molar-refractivity contribution in [1.82, 2.24) is 15.5 Å². The smallest absolute Gasteiger partial charge is 0.287 e. The number of ether oxygens (including phenoxy) is 1. The van der Waals surface area contributed by atoms with Crippen LogP contribution < -0.4 is 10.6 Å². The van der Waals surface area contributed by atoms with Gasteiger partial charge in [-0.1, -0.05) is 60.1 Å². The third-order valence-corrected chi connectivity index (χ3v) is 6.21. The van der Waals surface area contributed by atoms with Gasteiger partial charge in [0.05, 0.1) is 25.5 Å². The van der Waals surface area contributed by atoms with Crippen LogP contribution in [0.4, 0.5) is 0 Å². The second kappa shape index (κ2) is 11.8. The maximum atomic E-state index is 13.3. The Kier molecular flexibility index (Phi) is 8.36. The van der Waals surface area contributed by atoms with Gasteiger partial charge in [-0.25, -0.2) is 0 Å². The molecule has 1 aliphatic heterocycles. The van der Waals surface area contributed by atoms with Crippen molar-refractivity contribution in [3.63, 3.8) is 0 Å². The van der Waals surface area contributed by atoms with Gasteiger partial charge in [-0.15, -0.1) is 0 Å². The Labute approximate surface area is 204 Å². The molecule has 0 aliphatic carbocycles. The van der Waals surface area contributed by atoms with Crippen LogP contribution in [-0.4, -0.2) is 55.6 Å². The molecule has 0 radical (unpaired) electrons. The average molecular weight is 482 g/mol. The zero-order valence-electron chi connectivity index (χ0n) is 18.8. The highest BCUT2D eigenvalue weighted by Crippen LogP contribution is 2.27.